The molecule has 4 nitrogen and oxygen atoms in total. The molecule has 1 saturated heterocycles. The van der Waals surface area contributed by atoms with Crippen molar-refractivity contribution in [2.45, 2.75) is 32.0 Å². The van der Waals surface area contributed by atoms with Crippen molar-refractivity contribution in [3.8, 4) is 0 Å². The molecule has 1 heterocycles. The zero-order valence-electron chi connectivity index (χ0n) is 13.2. The van der Waals surface area contributed by atoms with E-state index in [2.05, 4.69) is 10.2 Å². The first-order valence-corrected chi connectivity index (χ1v) is 7.49. The molecule has 0 atom stereocenters. The molecule has 0 bridgehead atoms. The van der Waals surface area contributed by atoms with Gasteiger partial charge in [-0.1, -0.05) is 12.1 Å². The number of hydrogen-bond donors (Lipinski definition) is 1. The number of rotatable bonds is 4. The van der Waals surface area contributed by atoms with Crippen molar-refractivity contribution in [2.24, 2.45) is 0 Å². The summed E-state index contributed by atoms with van der Waals surface area (Å²) in [5.41, 5.74) is -1.21. The van der Waals surface area contributed by atoms with Crippen molar-refractivity contribution in [2.75, 3.05) is 31.6 Å². The van der Waals surface area contributed by atoms with Crippen LogP contribution in [0, 0.1) is 0 Å². The van der Waals surface area contributed by atoms with E-state index in [1.807, 2.05) is 13.8 Å². The van der Waals surface area contributed by atoms with Crippen LogP contribution in [0.2, 0.25) is 0 Å². The zero-order chi connectivity index (χ0) is 17.1. The smallest absolute Gasteiger partial charge is 0.378 e. The van der Waals surface area contributed by atoms with Gasteiger partial charge in [-0.15, -0.1) is 0 Å². The fourth-order valence-electron chi connectivity index (χ4n) is 2.59. The summed E-state index contributed by atoms with van der Waals surface area (Å²) in [6, 6.07) is 4.99. The molecule has 2 rings (SSSR count). The van der Waals surface area contributed by atoms with Crippen LogP contribution in [-0.4, -0.2) is 42.6 Å². The lowest BCUT2D eigenvalue weighted by molar-refractivity contribution is -0.137. The highest BCUT2D eigenvalue weighted by Gasteiger charge is 2.34. The first-order valence-electron chi connectivity index (χ1n) is 7.49. The van der Waals surface area contributed by atoms with Crippen LogP contribution in [0.4, 0.5) is 18.9 Å². The number of ether oxygens (including phenoxy) is 1. The van der Waals surface area contributed by atoms with Crippen LogP contribution in [-0.2, 0) is 15.7 Å². The van der Waals surface area contributed by atoms with Gasteiger partial charge in [0.25, 0.3) is 0 Å². The number of carbonyl (C=O) groups is 1. The van der Waals surface area contributed by atoms with Crippen molar-refractivity contribution in [1.82, 2.24) is 4.90 Å². The maximum atomic E-state index is 12.9. The predicted molar refractivity (Wildman–Crippen MR) is 81.2 cm³/mol. The molecule has 0 unspecified atom stereocenters. The summed E-state index contributed by atoms with van der Waals surface area (Å²) in [4.78, 5) is 14.1. The Balaban J connectivity index is 1.96. The third-order valence-corrected chi connectivity index (χ3v) is 3.93. The molecule has 1 aromatic carbocycles. The Morgan fingerprint density at radius 3 is 2.70 bits per heavy atom. The molecule has 1 fully saturated rings. The largest absolute Gasteiger partial charge is 0.418 e. The van der Waals surface area contributed by atoms with Gasteiger partial charge in [-0.2, -0.15) is 13.2 Å². The number of amides is 1. The first kappa shape index (κ1) is 17.7. The molecule has 128 valence electrons. The normalized spacial score (nSPS) is 18.7. The van der Waals surface area contributed by atoms with E-state index >= 15 is 0 Å². The summed E-state index contributed by atoms with van der Waals surface area (Å²) >= 11 is 0. The average Bonchev–Trinajstić information content (AvgIpc) is 2.45. The van der Waals surface area contributed by atoms with Gasteiger partial charge in [0.2, 0.25) is 5.91 Å². The van der Waals surface area contributed by atoms with Crippen LogP contribution in [0.25, 0.3) is 0 Å². The second-order valence-electron chi connectivity index (χ2n) is 6.19. The van der Waals surface area contributed by atoms with E-state index < -0.39 is 17.6 Å². The number of para-hydroxylation sites is 1. The molecule has 0 radical (unpaired) electrons. The first-order chi connectivity index (χ1) is 10.7. The van der Waals surface area contributed by atoms with Crippen LogP contribution in [0.1, 0.15) is 25.8 Å². The standard InChI is InChI=1S/C16H21F3N2O2/c1-15(2)11-23-10-9-21(15)8-7-14(22)20-13-6-4-3-5-12(13)16(17,18)19/h3-6H,7-11H2,1-2H3,(H,20,22). The highest BCUT2D eigenvalue weighted by Crippen LogP contribution is 2.34. The molecule has 0 spiro atoms. The van der Waals surface area contributed by atoms with Gasteiger partial charge in [0, 0.05) is 25.0 Å². The van der Waals surface area contributed by atoms with Crippen LogP contribution in [0.5, 0.6) is 0 Å². The maximum Gasteiger partial charge on any atom is 0.418 e. The minimum absolute atomic E-state index is 0.135. The molecule has 1 aliphatic heterocycles. The van der Waals surface area contributed by atoms with Gasteiger partial charge in [0.05, 0.1) is 24.5 Å². The number of benzene rings is 1. The van der Waals surface area contributed by atoms with E-state index in [1.165, 1.54) is 18.2 Å². The molecule has 0 aromatic heterocycles. The number of hydrogen-bond acceptors (Lipinski definition) is 3. The summed E-state index contributed by atoms with van der Waals surface area (Å²) in [6.45, 7) is 6.40. The second kappa shape index (κ2) is 6.88. The highest BCUT2D eigenvalue weighted by molar-refractivity contribution is 5.91. The number of alkyl halides is 3. The molecule has 1 aliphatic rings. The summed E-state index contributed by atoms with van der Waals surface area (Å²) in [7, 11) is 0. The van der Waals surface area contributed by atoms with E-state index in [0.717, 1.165) is 6.07 Å². The number of nitrogens with zero attached hydrogens (tertiary/aromatic N) is 1. The lowest BCUT2D eigenvalue weighted by Gasteiger charge is -2.42. The van der Waals surface area contributed by atoms with Crippen molar-refractivity contribution in [3.05, 3.63) is 29.8 Å². The Bertz CT molecular complexity index is 559. The monoisotopic (exact) mass is 330 g/mol. The van der Waals surface area contributed by atoms with Crippen LogP contribution < -0.4 is 5.32 Å². The third-order valence-electron chi connectivity index (χ3n) is 3.93. The Labute approximate surface area is 133 Å². The number of nitrogens with one attached hydrogen (secondary N) is 1. The molecule has 1 aromatic rings. The van der Waals surface area contributed by atoms with Crippen molar-refractivity contribution < 1.29 is 22.7 Å². The number of halogens is 3. The Hall–Kier alpha value is -1.60. The quantitative estimate of drug-likeness (QED) is 0.922. The van der Waals surface area contributed by atoms with Gasteiger partial charge in [-0.3, -0.25) is 9.69 Å². The molecule has 1 N–H and O–H groups in total. The van der Waals surface area contributed by atoms with Gasteiger partial charge in [0.1, 0.15) is 0 Å². The molecule has 7 heteroatoms. The van der Waals surface area contributed by atoms with E-state index in [9.17, 15) is 18.0 Å². The van der Waals surface area contributed by atoms with Crippen LogP contribution in [0.3, 0.4) is 0 Å². The zero-order valence-corrected chi connectivity index (χ0v) is 13.2. The van der Waals surface area contributed by atoms with E-state index in [4.69, 9.17) is 4.74 Å². The Morgan fingerprint density at radius 1 is 1.35 bits per heavy atom. The van der Waals surface area contributed by atoms with Gasteiger partial charge < -0.3 is 10.1 Å². The molecule has 0 aliphatic carbocycles. The summed E-state index contributed by atoms with van der Waals surface area (Å²) < 4.78 is 44.1. The Morgan fingerprint density at radius 2 is 2.04 bits per heavy atom. The van der Waals surface area contributed by atoms with Crippen molar-refractivity contribution in [3.63, 3.8) is 0 Å². The number of anilines is 1. The molecule has 1 amide bonds. The van der Waals surface area contributed by atoms with E-state index in [0.29, 0.717) is 26.3 Å². The van der Waals surface area contributed by atoms with Gasteiger partial charge in [0.15, 0.2) is 0 Å². The SMILES string of the molecule is CC1(C)COCCN1CCC(=O)Nc1ccccc1C(F)(F)F. The van der Waals surface area contributed by atoms with Crippen molar-refractivity contribution in [1.29, 1.82) is 0 Å². The average molecular weight is 330 g/mol. The fraction of sp³-hybridized carbons (Fsp3) is 0.562. The number of morpholine rings is 1. The lowest BCUT2D eigenvalue weighted by Crippen LogP contribution is -2.53. The Kier molecular flexibility index (Phi) is 5.31. The van der Waals surface area contributed by atoms with Gasteiger partial charge in [-0.05, 0) is 26.0 Å². The third kappa shape index (κ3) is 4.68. The molecule has 0 saturated carbocycles. The molecule has 23 heavy (non-hydrogen) atoms. The minimum Gasteiger partial charge on any atom is -0.378 e. The van der Waals surface area contributed by atoms with Gasteiger partial charge >= 0.3 is 6.18 Å². The second-order valence-corrected chi connectivity index (χ2v) is 6.19. The minimum atomic E-state index is -4.49. The lowest BCUT2D eigenvalue weighted by atomic mass is 10.0. The fourth-order valence-corrected chi connectivity index (χ4v) is 2.59. The van der Waals surface area contributed by atoms with Gasteiger partial charge in [-0.25, -0.2) is 0 Å². The summed E-state index contributed by atoms with van der Waals surface area (Å²) in [5, 5.41) is 2.37. The topological polar surface area (TPSA) is 41.6 Å². The predicted octanol–water partition coefficient (Wildman–Crippen LogP) is 3.14. The van der Waals surface area contributed by atoms with Crippen LogP contribution >= 0.6 is 0 Å². The van der Waals surface area contributed by atoms with Crippen molar-refractivity contribution >= 4 is 11.6 Å². The van der Waals surface area contributed by atoms with E-state index in [1.54, 1.807) is 0 Å². The van der Waals surface area contributed by atoms with E-state index in [-0.39, 0.29) is 17.6 Å². The highest BCUT2D eigenvalue weighted by atomic mass is 19.4. The number of carbonyl (C=O) groups excluding carboxylic acids is 1. The summed E-state index contributed by atoms with van der Waals surface area (Å²) in [6.07, 6.45) is -4.36. The molecular formula is C16H21F3N2O2. The maximum absolute atomic E-state index is 12.9. The van der Waals surface area contributed by atoms with Crippen LogP contribution in [0.15, 0.2) is 24.3 Å². The molecular weight excluding hydrogens is 309 g/mol. The summed E-state index contributed by atoms with van der Waals surface area (Å²) in [5.74, 6) is -0.427.